The van der Waals surface area contributed by atoms with Crippen LogP contribution in [0.3, 0.4) is 0 Å². The van der Waals surface area contributed by atoms with E-state index < -0.39 is 0 Å². The number of fused-ring (bicyclic) bond motifs is 2. The van der Waals surface area contributed by atoms with Gasteiger partial charge in [-0.25, -0.2) is 4.39 Å². The van der Waals surface area contributed by atoms with Crippen LogP contribution in [0.4, 0.5) is 4.39 Å². The number of allylic oxidation sites excluding steroid dienone is 12. The molecule has 0 amide bonds. The molecule has 1 aromatic rings. The molecule has 0 saturated carbocycles. The van der Waals surface area contributed by atoms with Crippen molar-refractivity contribution in [1.82, 2.24) is 0 Å². The Bertz CT molecular complexity index is 960. The first-order valence-corrected chi connectivity index (χ1v) is 9.87. The molecule has 2 atom stereocenters. The van der Waals surface area contributed by atoms with Gasteiger partial charge in [-0.1, -0.05) is 81.0 Å². The van der Waals surface area contributed by atoms with Crippen molar-refractivity contribution >= 4 is 5.57 Å². The van der Waals surface area contributed by atoms with E-state index in [1.54, 1.807) is 13.0 Å². The highest BCUT2D eigenvalue weighted by atomic mass is 19.1. The summed E-state index contributed by atoms with van der Waals surface area (Å²) in [5.74, 6) is 0.564. The second kappa shape index (κ2) is 6.64. The van der Waals surface area contributed by atoms with Gasteiger partial charge in [0.15, 0.2) is 0 Å². The molecule has 4 rings (SSSR count). The van der Waals surface area contributed by atoms with Crippen LogP contribution in [0.5, 0.6) is 0 Å². The Morgan fingerprint density at radius 1 is 1.19 bits per heavy atom. The van der Waals surface area contributed by atoms with Gasteiger partial charge in [-0.2, -0.15) is 0 Å². The van der Waals surface area contributed by atoms with Gasteiger partial charge >= 0.3 is 0 Å². The third-order valence-corrected chi connectivity index (χ3v) is 6.38. The predicted molar refractivity (Wildman–Crippen MR) is 113 cm³/mol. The molecule has 1 heteroatoms. The highest BCUT2D eigenvalue weighted by Crippen LogP contribution is 2.51. The van der Waals surface area contributed by atoms with E-state index in [-0.39, 0.29) is 17.2 Å². The summed E-state index contributed by atoms with van der Waals surface area (Å²) >= 11 is 0. The molecule has 0 radical (unpaired) electrons. The van der Waals surface area contributed by atoms with Crippen molar-refractivity contribution in [1.29, 1.82) is 0 Å². The van der Waals surface area contributed by atoms with Crippen LogP contribution in [-0.4, -0.2) is 0 Å². The Morgan fingerprint density at radius 3 is 2.78 bits per heavy atom. The molecule has 27 heavy (non-hydrogen) atoms. The molecule has 0 bridgehead atoms. The lowest BCUT2D eigenvalue weighted by Crippen LogP contribution is -2.16. The summed E-state index contributed by atoms with van der Waals surface area (Å²) in [4.78, 5) is 0. The maximum atomic E-state index is 14.0. The number of rotatable bonds is 2. The van der Waals surface area contributed by atoms with E-state index in [2.05, 4.69) is 75.4 Å². The second-order valence-corrected chi connectivity index (χ2v) is 8.28. The zero-order chi connectivity index (χ0) is 19.2. The standard InChI is InChI=1S/C26H27F/c1-5-20(27)16-24-17(2)21-14-13-19(15-25(21)26(24,3)4)23-12-8-10-18-9-6-7-11-22(18)23/h5-9,11-18H,10H2,1-4H3/b20-5+,24-16+. The van der Waals surface area contributed by atoms with Crippen molar-refractivity contribution < 1.29 is 4.39 Å². The Labute approximate surface area is 162 Å². The quantitative estimate of drug-likeness (QED) is 0.519. The predicted octanol–water partition coefficient (Wildman–Crippen LogP) is 7.34. The maximum absolute atomic E-state index is 14.0. The number of hydrogen-bond donors (Lipinski definition) is 0. The van der Waals surface area contributed by atoms with Crippen molar-refractivity contribution in [2.45, 2.75) is 45.4 Å². The number of benzene rings is 1. The first kappa shape index (κ1) is 18.0. The first-order chi connectivity index (χ1) is 12.9. The molecule has 0 N–H and O–H groups in total. The molecule has 0 saturated heterocycles. The maximum Gasteiger partial charge on any atom is 0.118 e. The Kier molecular flexibility index (Phi) is 4.42. The van der Waals surface area contributed by atoms with Crippen molar-refractivity contribution in [3.8, 4) is 0 Å². The number of halogens is 1. The highest BCUT2D eigenvalue weighted by Gasteiger charge is 2.39. The van der Waals surface area contributed by atoms with Crippen molar-refractivity contribution in [2.75, 3.05) is 0 Å². The summed E-state index contributed by atoms with van der Waals surface area (Å²) in [7, 11) is 0. The van der Waals surface area contributed by atoms with E-state index in [9.17, 15) is 4.39 Å². The second-order valence-electron chi connectivity index (χ2n) is 8.28. The van der Waals surface area contributed by atoms with E-state index in [4.69, 9.17) is 0 Å². The van der Waals surface area contributed by atoms with Crippen LogP contribution in [0.25, 0.3) is 5.57 Å². The first-order valence-electron chi connectivity index (χ1n) is 9.87. The fourth-order valence-corrected chi connectivity index (χ4v) is 4.82. The Balaban J connectivity index is 1.83. The fraction of sp³-hybridized carbons (Fsp3) is 0.308. The van der Waals surface area contributed by atoms with Crippen LogP contribution in [0.2, 0.25) is 0 Å². The molecule has 0 aromatic heterocycles. The fourth-order valence-electron chi connectivity index (χ4n) is 4.82. The van der Waals surface area contributed by atoms with Gasteiger partial charge < -0.3 is 0 Å². The van der Waals surface area contributed by atoms with Gasteiger partial charge in [0.2, 0.25) is 0 Å². The summed E-state index contributed by atoms with van der Waals surface area (Å²) in [6.07, 6.45) is 17.7. The lowest BCUT2D eigenvalue weighted by molar-refractivity contribution is 0.608. The van der Waals surface area contributed by atoms with Gasteiger partial charge in [0.05, 0.1) is 0 Å². The monoisotopic (exact) mass is 358 g/mol. The minimum Gasteiger partial charge on any atom is -0.207 e. The molecular weight excluding hydrogens is 331 g/mol. The molecule has 0 aliphatic heterocycles. The van der Waals surface area contributed by atoms with E-state index in [1.807, 2.05) is 0 Å². The van der Waals surface area contributed by atoms with Crippen molar-refractivity contribution in [2.24, 2.45) is 5.92 Å². The Hall–Kier alpha value is -2.41. The minimum atomic E-state index is -0.170. The third-order valence-electron chi connectivity index (χ3n) is 6.38. The molecule has 0 fully saturated rings. The zero-order valence-corrected chi connectivity index (χ0v) is 16.6. The summed E-state index contributed by atoms with van der Waals surface area (Å²) in [6, 6.07) is 6.82. The van der Waals surface area contributed by atoms with E-state index in [0.717, 1.165) is 12.0 Å². The zero-order valence-electron chi connectivity index (χ0n) is 16.6. The van der Waals surface area contributed by atoms with Crippen LogP contribution < -0.4 is 0 Å². The van der Waals surface area contributed by atoms with Crippen LogP contribution in [0.1, 0.15) is 56.7 Å². The molecule has 138 valence electrons. The molecule has 2 unspecified atom stereocenters. The van der Waals surface area contributed by atoms with Crippen LogP contribution >= 0.6 is 0 Å². The summed E-state index contributed by atoms with van der Waals surface area (Å²) in [5.41, 5.74) is 7.60. The molecule has 0 heterocycles. The van der Waals surface area contributed by atoms with Gasteiger partial charge in [0.25, 0.3) is 0 Å². The molecule has 0 spiro atoms. The summed E-state index contributed by atoms with van der Waals surface area (Å²) in [5, 5.41) is 0. The van der Waals surface area contributed by atoms with Gasteiger partial charge in [-0.15, -0.1) is 0 Å². The highest BCUT2D eigenvalue weighted by molar-refractivity contribution is 5.81. The van der Waals surface area contributed by atoms with Gasteiger partial charge in [0, 0.05) is 17.3 Å². The van der Waals surface area contributed by atoms with Gasteiger partial charge in [-0.3, -0.25) is 0 Å². The lowest BCUT2D eigenvalue weighted by atomic mass is 9.79. The van der Waals surface area contributed by atoms with Crippen LogP contribution in [-0.2, 0) is 5.41 Å². The largest absolute Gasteiger partial charge is 0.207 e. The molecule has 3 aliphatic rings. The lowest BCUT2D eigenvalue weighted by Gasteiger charge is -2.25. The van der Waals surface area contributed by atoms with E-state index in [0.29, 0.717) is 5.92 Å². The van der Waals surface area contributed by atoms with Gasteiger partial charge in [0.1, 0.15) is 5.83 Å². The average molecular weight is 359 g/mol. The van der Waals surface area contributed by atoms with Crippen LogP contribution in [0.15, 0.2) is 83.8 Å². The normalized spacial score (nSPS) is 27.3. The molecule has 3 aliphatic carbocycles. The molecular formula is C26H27F. The van der Waals surface area contributed by atoms with E-state index in [1.165, 1.54) is 33.9 Å². The summed E-state index contributed by atoms with van der Waals surface area (Å²) in [6.45, 7) is 8.37. The smallest absolute Gasteiger partial charge is 0.118 e. The van der Waals surface area contributed by atoms with Gasteiger partial charge in [-0.05, 0) is 53.3 Å². The number of hydrogen-bond acceptors (Lipinski definition) is 0. The average Bonchev–Trinajstić information content (AvgIpc) is 2.87. The van der Waals surface area contributed by atoms with E-state index >= 15 is 0 Å². The molecule has 1 aromatic carbocycles. The third kappa shape index (κ3) is 2.90. The SMILES string of the molecule is C/C=C(F)\C=C1/C(C)c2ccc(C3=C4C=CC=CC4CC=C3)cc2C1(C)C. The minimum absolute atomic E-state index is 0.153. The topological polar surface area (TPSA) is 0 Å². The molecule has 0 nitrogen and oxygen atoms in total. The van der Waals surface area contributed by atoms with Crippen molar-refractivity contribution in [3.63, 3.8) is 0 Å². The van der Waals surface area contributed by atoms with Crippen LogP contribution in [0, 0.1) is 5.92 Å². The summed E-state index contributed by atoms with van der Waals surface area (Å²) < 4.78 is 14.0. The Morgan fingerprint density at radius 2 is 2.00 bits per heavy atom. The van der Waals surface area contributed by atoms with Crippen molar-refractivity contribution in [3.05, 3.63) is 100 Å².